The molecule has 0 aliphatic heterocycles. The molecule has 7 heteroatoms. The molecule has 0 aliphatic carbocycles. The Labute approximate surface area is 106 Å². The highest BCUT2D eigenvalue weighted by atomic mass is 32.2. The van der Waals surface area contributed by atoms with Gasteiger partial charge in [0, 0.05) is 18.7 Å². The molecule has 0 saturated heterocycles. The van der Waals surface area contributed by atoms with Crippen molar-refractivity contribution in [3.8, 4) is 6.07 Å². The van der Waals surface area contributed by atoms with E-state index >= 15 is 0 Å². The summed E-state index contributed by atoms with van der Waals surface area (Å²) in [6, 6.07) is 8.21. The minimum absolute atomic E-state index is 0.127. The average molecular weight is 267 g/mol. The molecule has 0 aliphatic rings. The van der Waals surface area contributed by atoms with Crippen LogP contribution in [0, 0.1) is 11.3 Å². The van der Waals surface area contributed by atoms with Crippen molar-refractivity contribution in [3.63, 3.8) is 0 Å². The van der Waals surface area contributed by atoms with Crippen molar-refractivity contribution in [2.75, 3.05) is 19.3 Å². The summed E-state index contributed by atoms with van der Waals surface area (Å²) in [5.74, 6) is -0.345. The molecule has 0 radical (unpaired) electrons. The summed E-state index contributed by atoms with van der Waals surface area (Å²) >= 11 is 0. The van der Waals surface area contributed by atoms with Gasteiger partial charge in [0.25, 0.3) is 5.91 Å². The van der Waals surface area contributed by atoms with Gasteiger partial charge in [0.2, 0.25) is 10.0 Å². The maximum Gasteiger partial charge on any atom is 0.251 e. The van der Waals surface area contributed by atoms with Crippen LogP contribution >= 0.6 is 0 Å². The summed E-state index contributed by atoms with van der Waals surface area (Å²) in [5.41, 5.74) is 0.769. The summed E-state index contributed by atoms with van der Waals surface area (Å²) in [4.78, 5) is 11.6. The van der Waals surface area contributed by atoms with Gasteiger partial charge in [-0.2, -0.15) is 5.26 Å². The monoisotopic (exact) mass is 267 g/mol. The Morgan fingerprint density at radius 1 is 1.39 bits per heavy atom. The standard InChI is InChI=1S/C11H13N3O3S/c1-18(16,17)14-6-5-13-11(15)10-4-2-3-9(7-10)8-12/h2-4,7,14H,5-6H2,1H3,(H,13,15). The van der Waals surface area contributed by atoms with Gasteiger partial charge in [0.15, 0.2) is 0 Å². The largest absolute Gasteiger partial charge is 0.351 e. The zero-order chi connectivity index (χ0) is 13.6. The molecule has 0 fully saturated rings. The van der Waals surface area contributed by atoms with Crippen LogP contribution in [0.1, 0.15) is 15.9 Å². The number of nitriles is 1. The van der Waals surface area contributed by atoms with Crippen LogP contribution in [0.4, 0.5) is 0 Å². The minimum Gasteiger partial charge on any atom is -0.351 e. The molecule has 2 N–H and O–H groups in total. The van der Waals surface area contributed by atoms with Crippen molar-refractivity contribution >= 4 is 15.9 Å². The van der Waals surface area contributed by atoms with Gasteiger partial charge in [0.05, 0.1) is 17.9 Å². The molecule has 1 aromatic carbocycles. The quantitative estimate of drug-likeness (QED) is 0.724. The van der Waals surface area contributed by atoms with Crippen LogP contribution in [0.25, 0.3) is 0 Å². The Balaban J connectivity index is 2.48. The third-order valence-corrected chi connectivity index (χ3v) is 2.76. The molecule has 6 nitrogen and oxygen atoms in total. The van der Waals surface area contributed by atoms with Gasteiger partial charge < -0.3 is 5.32 Å². The number of amides is 1. The lowest BCUT2D eigenvalue weighted by Crippen LogP contribution is -2.34. The van der Waals surface area contributed by atoms with Gasteiger partial charge in [-0.05, 0) is 18.2 Å². The van der Waals surface area contributed by atoms with Crippen LogP contribution in [0.2, 0.25) is 0 Å². The Hall–Kier alpha value is -1.91. The van der Waals surface area contributed by atoms with Crippen molar-refractivity contribution in [2.45, 2.75) is 0 Å². The van der Waals surface area contributed by atoms with Gasteiger partial charge in [0.1, 0.15) is 0 Å². The minimum atomic E-state index is -3.24. The van der Waals surface area contributed by atoms with Gasteiger partial charge in [-0.1, -0.05) is 6.07 Å². The van der Waals surface area contributed by atoms with E-state index in [9.17, 15) is 13.2 Å². The summed E-state index contributed by atoms with van der Waals surface area (Å²) < 4.78 is 23.8. The van der Waals surface area contributed by atoms with E-state index in [1.165, 1.54) is 6.07 Å². The van der Waals surface area contributed by atoms with Crippen LogP contribution in [0.5, 0.6) is 0 Å². The number of nitrogens with zero attached hydrogens (tertiary/aromatic N) is 1. The first-order valence-corrected chi connectivity index (χ1v) is 7.04. The maximum absolute atomic E-state index is 11.6. The number of benzene rings is 1. The maximum atomic E-state index is 11.6. The fourth-order valence-electron chi connectivity index (χ4n) is 1.24. The van der Waals surface area contributed by atoms with Crippen LogP contribution in [0.3, 0.4) is 0 Å². The molecular formula is C11H13N3O3S. The van der Waals surface area contributed by atoms with E-state index in [4.69, 9.17) is 5.26 Å². The van der Waals surface area contributed by atoms with Crippen LogP contribution in [-0.2, 0) is 10.0 Å². The summed E-state index contributed by atoms with van der Waals surface area (Å²) in [6.07, 6.45) is 1.05. The predicted octanol–water partition coefficient (Wildman–Crippen LogP) is -0.163. The van der Waals surface area contributed by atoms with Gasteiger partial charge >= 0.3 is 0 Å². The van der Waals surface area contributed by atoms with E-state index in [-0.39, 0.29) is 19.0 Å². The SMILES string of the molecule is CS(=O)(=O)NCCNC(=O)c1cccc(C#N)c1. The third-order valence-electron chi connectivity index (χ3n) is 2.03. The molecule has 0 bridgehead atoms. The topological polar surface area (TPSA) is 99.1 Å². The zero-order valence-corrected chi connectivity index (χ0v) is 10.6. The van der Waals surface area contributed by atoms with Gasteiger partial charge in [-0.25, -0.2) is 13.1 Å². The smallest absolute Gasteiger partial charge is 0.251 e. The molecular weight excluding hydrogens is 254 g/mol. The first kappa shape index (κ1) is 14.2. The van der Waals surface area contributed by atoms with E-state index in [1.807, 2.05) is 6.07 Å². The second kappa shape index (κ2) is 6.14. The molecule has 18 heavy (non-hydrogen) atoms. The number of sulfonamides is 1. The fraction of sp³-hybridized carbons (Fsp3) is 0.273. The molecule has 0 spiro atoms. The summed E-state index contributed by atoms with van der Waals surface area (Å²) in [7, 11) is -3.24. The number of carbonyl (C=O) groups excluding carboxylic acids is 1. The third kappa shape index (κ3) is 4.95. The highest BCUT2D eigenvalue weighted by Crippen LogP contribution is 2.03. The molecule has 0 aromatic heterocycles. The van der Waals surface area contributed by atoms with E-state index in [1.54, 1.807) is 18.2 Å². The summed E-state index contributed by atoms with van der Waals surface area (Å²) in [5, 5.41) is 11.2. The van der Waals surface area contributed by atoms with Gasteiger partial charge in [-0.3, -0.25) is 4.79 Å². The fourth-order valence-corrected chi connectivity index (χ4v) is 1.72. The number of nitrogens with one attached hydrogen (secondary N) is 2. The molecule has 1 aromatic rings. The predicted molar refractivity (Wildman–Crippen MR) is 66.3 cm³/mol. The Kier molecular flexibility index (Phi) is 4.83. The van der Waals surface area contributed by atoms with E-state index in [0.717, 1.165) is 6.26 Å². The highest BCUT2D eigenvalue weighted by Gasteiger charge is 2.06. The number of hydrogen-bond donors (Lipinski definition) is 2. The Morgan fingerprint density at radius 2 is 2.11 bits per heavy atom. The molecule has 0 unspecified atom stereocenters. The Bertz CT molecular complexity index is 575. The van der Waals surface area contributed by atoms with Crippen molar-refractivity contribution < 1.29 is 13.2 Å². The second-order valence-corrected chi connectivity index (χ2v) is 5.45. The first-order chi connectivity index (χ1) is 8.42. The van der Waals surface area contributed by atoms with Crippen molar-refractivity contribution in [1.82, 2.24) is 10.0 Å². The number of hydrogen-bond acceptors (Lipinski definition) is 4. The molecule has 0 heterocycles. The van der Waals surface area contributed by atoms with Crippen molar-refractivity contribution in [3.05, 3.63) is 35.4 Å². The number of carbonyl (C=O) groups is 1. The van der Waals surface area contributed by atoms with Crippen LogP contribution in [0.15, 0.2) is 24.3 Å². The highest BCUT2D eigenvalue weighted by molar-refractivity contribution is 7.88. The molecule has 96 valence electrons. The molecule has 0 atom stereocenters. The first-order valence-electron chi connectivity index (χ1n) is 5.15. The Morgan fingerprint density at radius 3 is 2.72 bits per heavy atom. The molecule has 1 rings (SSSR count). The van der Waals surface area contributed by atoms with E-state index in [0.29, 0.717) is 11.1 Å². The van der Waals surface area contributed by atoms with Crippen molar-refractivity contribution in [1.29, 1.82) is 5.26 Å². The van der Waals surface area contributed by atoms with E-state index < -0.39 is 10.0 Å². The lowest BCUT2D eigenvalue weighted by Gasteiger charge is -2.05. The molecule has 0 saturated carbocycles. The van der Waals surface area contributed by atoms with Crippen molar-refractivity contribution in [2.24, 2.45) is 0 Å². The van der Waals surface area contributed by atoms with E-state index in [2.05, 4.69) is 10.0 Å². The lowest BCUT2D eigenvalue weighted by atomic mass is 10.1. The van der Waals surface area contributed by atoms with Gasteiger partial charge in [-0.15, -0.1) is 0 Å². The normalized spacial score (nSPS) is 10.7. The zero-order valence-electron chi connectivity index (χ0n) is 9.80. The lowest BCUT2D eigenvalue weighted by molar-refractivity contribution is 0.0954. The van der Waals surface area contributed by atoms with Crippen LogP contribution < -0.4 is 10.0 Å². The molecule has 1 amide bonds. The average Bonchev–Trinajstić information content (AvgIpc) is 2.33. The second-order valence-electron chi connectivity index (χ2n) is 3.62. The summed E-state index contributed by atoms with van der Waals surface area (Å²) in [6.45, 7) is 0.311. The number of rotatable bonds is 5. The van der Waals surface area contributed by atoms with Crippen LogP contribution in [-0.4, -0.2) is 33.7 Å².